The maximum absolute atomic E-state index is 8.71. The molecule has 2 nitrogen and oxygen atoms in total. The minimum Gasteiger partial charge on any atom is -0.495 e. The van der Waals surface area contributed by atoms with E-state index in [4.69, 9.17) is 10.00 Å². The molecule has 62 valence electrons. The number of hydrogen-bond acceptors (Lipinski definition) is 2. The van der Waals surface area contributed by atoms with E-state index in [1.807, 2.05) is 13.0 Å². The summed E-state index contributed by atoms with van der Waals surface area (Å²) in [6.45, 7) is 1.95. The molecule has 0 aromatic heterocycles. The van der Waals surface area contributed by atoms with Crippen molar-refractivity contribution in [2.75, 3.05) is 7.11 Å². The zero-order valence-corrected chi connectivity index (χ0v) is 8.47. The van der Waals surface area contributed by atoms with Crippen LogP contribution in [0.1, 0.15) is 11.1 Å². The van der Waals surface area contributed by atoms with Crippen LogP contribution in [0.15, 0.2) is 16.6 Å². The third kappa shape index (κ3) is 1.59. The molecule has 0 N–H and O–H groups in total. The summed E-state index contributed by atoms with van der Waals surface area (Å²) in [5.74, 6) is 0.623. The van der Waals surface area contributed by atoms with Crippen LogP contribution < -0.4 is 4.74 Å². The molecule has 0 aliphatic carbocycles. The first-order valence-electron chi connectivity index (χ1n) is 3.43. The smallest absolute Gasteiger partial charge is 0.136 e. The van der Waals surface area contributed by atoms with Gasteiger partial charge in [-0.15, -0.1) is 0 Å². The second-order valence-corrected chi connectivity index (χ2v) is 3.27. The minimum atomic E-state index is 0.551. The number of halogens is 1. The molecule has 1 aromatic carbocycles. The Kier molecular flexibility index (Phi) is 2.72. The van der Waals surface area contributed by atoms with Crippen LogP contribution >= 0.6 is 15.9 Å². The van der Waals surface area contributed by atoms with Gasteiger partial charge in [0.05, 0.1) is 12.7 Å². The largest absolute Gasteiger partial charge is 0.495 e. The summed E-state index contributed by atoms with van der Waals surface area (Å²) in [6.07, 6.45) is 0. The summed E-state index contributed by atoms with van der Waals surface area (Å²) < 4.78 is 5.96. The van der Waals surface area contributed by atoms with Crippen LogP contribution in [0.25, 0.3) is 0 Å². The van der Waals surface area contributed by atoms with Gasteiger partial charge in [-0.1, -0.05) is 15.9 Å². The number of ether oxygens (including phenoxy) is 1. The van der Waals surface area contributed by atoms with Gasteiger partial charge in [-0.25, -0.2) is 0 Å². The van der Waals surface area contributed by atoms with E-state index in [0.29, 0.717) is 11.3 Å². The first-order valence-corrected chi connectivity index (χ1v) is 4.22. The van der Waals surface area contributed by atoms with E-state index >= 15 is 0 Å². The molecular weight excluding hydrogens is 218 g/mol. The van der Waals surface area contributed by atoms with Gasteiger partial charge in [0.25, 0.3) is 0 Å². The van der Waals surface area contributed by atoms with Gasteiger partial charge < -0.3 is 4.74 Å². The van der Waals surface area contributed by atoms with E-state index in [2.05, 4.69) is 22.0 Å². The van der Waals surface area contributed by atoms with Gasteiger partial charge in [0.15, 0.2) is 0 Å². The van der Waals surface area contributed by atoms with Crippen molar-refractivity contribution in [3.63, 3.8) is 0 Å². The Labute approximate surface area is 79.9 Å². The Bertz CT molecular complexity index is 341. The lowest BCUT2D eigenvalue weighted by atomic mass is 10.1. The van der Waals surface area contributed by atoms with Crippen molar-refractivity contribution in [1.82, 2.24) is 0 Å². The predicted molar refractivity (Wildman–Crippen MR) is 50.1 cm³/mol. The van der Waals surface area contributed by atoms with Gasteiger partial charge in [0.1, 0.15) is 11.8 Å². The zero-order valence-electron chi connectivity index (χ0n) is 6.89. The van der Waals surface area contributed by atoms with Crippen molar-refractivity contribution in [2.24, 2.45) is 0 Å². The molecule has 1 aromatic rings. The summed E-state index contributed by atoms with van der Waals surface area (Å²) in [5, 5.41) is 8.71. The molecule has 0 saturated carbocycles. The van der Waals surface area contributed by atoms with Gasteiger partial charge >= 0.3 is 0 Å². The highest BCUT2D eigenvalue weighted by Gasteiger charge is 2.04. The SMILES string of the molecule is COc1cc(C)c(Br)cc1C#N. The van der Waals surface area contributed by atoms with Crippen LogP contribution in [-0.4, -0.2) is 7.11 Å². The molecule has 3 heteroatoms. The van der Waals surface area contributed by atoms with Gasteiger partial charge in [-0.2, -0.15) is 5.26 Å². The summed E-state index contributed by atoms with van der Waals surface area (Å²) in [7, 11) is 1.56. The highest BCUT2D eigenvalue weighted by atomic mass is 79.9. The van der Waals surface area contributed by atoms with Gasteiger partial charge in [0, 0.05) is 4.47 Å². The van der Waals surface area contributed by atoms with Crippen LogP contribution in [0.3, 0.4) is 0 Å². The Morgan fingerprint density at radius 2 is 2.17 bits per heavy atom. The predicted octanol–water partition coefficient (Wildman–Crippen LogP) is 2.64. The van der Waals surface area contributed by atoms with Crippen LogP contribution in [0.2, 0.25) is 0 Å². The average Bonchev–Trinajstić information content (AvgIpc) is 2.09. The Morgan fingerprint density at radius 3 is 2.67 bits per heavy atom. The highest BCUT2D eigenvalue weighted by Crippen LogP contribution is 2.25. The normalized spacial score (nSPS) is 9.17. The number of nitrogens with zero attached hydrogens (tertiary/aromatic N) is 1. The molecule has 0 saturated heterocycles. The monoisotopic (exact) mass is 225 g/mol. The van der Waals surface area contributed by atoms with Gasteiger partial charge in [0.2, 0.25) is 0 Å². The van der Waals surface area contributed by atoms with Crippen LogP contribution in [0, 0.1) is 18.3 Å². The Morgan fingerprint density at radius 1 is 1.50 bits per heavy atom. The van der Waals surface area contributed by atoms with E-state index in [0.717, 1.165) is 10.0 Å². The van der Waals surface area contributed by atoms with Crippen molar-refractivity contribution in [3.8, 4) is 11.8 Å². The molecule has 0 aliphatic rings. The molecule has 1 rings (SSSR count). The Balaban J connectivity index is 3.31. The Hall–Kier alpha value is -1.01. The summed E-state index contributed by atoms with van der Waals surface area (Å²) in [4.78, 5) is 0. The maximum Gasteiger partial charge on any atom is 0.136 e. The number of nitriles is 1. The molecule has 12 heavy (non-hydrogen) atoms. The fraction of sp³-hybridized carbons (Fsp3) is 0.222. The van der Waals surface area contributed by atoms with Crippen molar-refractivity contribution in [2.45, 2.75) is 6.92 Å². The molecule has 0 atom stereocenters. The maximum atomic E-state index is 8.71. The van der Waals surface area contributed by atoms with Crippen molar-refractivity contribution in [1.29, 1.82) is 5.26 Å². The second kappa shape index (κ2) is 3.59. The lowest BCUT2D eigenvalue weighted by Gasteiger charge is -2.04. The molecule has 0 unspecified atom stereocenters. The lowest BCUT2D eigenvalue weighted by molar-refractivity contribution is 0.413. The van der Waals surface area contributed by atoms with E-state index in [1.165, 1.54) is 0 Å². The summed E-state index contributed by atoms with van der Waals surface area (Å²) in [6, 6.07) is 5.65. The molecule has 0 amide bonds. The quantitative estimate of drug-likeness (QED) is 0.737. The number of hydrogen-bond donors (Lipinski definition) is 0. The lowest BCUT2D eigenvalue weighted by Crippen LogP contribution is -1.89. The number of aryl methyl sites for hydroxylation is 1. The van der Waals surface area contributed by atoms with Crippen molar-refractivity contribution < 1.29 is 4.74 Å². The molecule has 0 fully saturated rings. The minimum absolute atomic E-state index is 0.551. The highest BCUT2D eigenvalue weighted by molar-refractivity contribution is 9.10. The molecular formula is C9H8BrNO. The van der Waals surface area contributed by atoms with E-state index < -0.39 is 0 Å². The van der Waals surface area contributed by atoms with Crippen LogP contribution in [-0.2, 0) is 0 Å². The first-order chi connectivity index (χ1) is 5.69. The van der Waals surface area contributed by atoms with E-state index in [-0.39, 0.29) is 0 Å². The number of methoxy groups -OCH3 is 1. The topological polar surface area (TPSA) is 33.0 Å². The van der Waals surface area contributed by atoms with E-state index in [1.54, 1.807) is 13.2 Å². The molecule has 0 radical (unpaired) electrons. The fourth-order valence-electron chi connectivity index (χ4n) is 0.911. The van der Waals surface area contributed by atoms with E-state index in [9.17, 15) is 0 Å². The molecule has 0 spiro atoms. The third-order valence-electron chi connectivity index (χ3n) is 1.60. The molecule has 0 bridgehead atoms. The summed E-state index contributed by atoms with van der Waals surface area (Å²) in [5.41, 5.74) is 1.61. The van der Waals surface area contributed by atoms with Crippen molar-refractivity contribution >= 4 is 15.9 Å². The summed E-state index contributed by atoms with van der Waals surface area (Å²) >= 11 is 3.34. The first kappa shape index (κ1) is 9.08. The standard InChI is InChI=1S/C9H8BrNO/c1-6-3-9(12-2)7(5-11)4-8(6)10/h3-4H,1-2H3. The van der Waals surface area contributed by atoms with Crippen molar-refractivity contribution in [3.05, 3.63) is 27.7 Å². The van der Waals surface area contributed by atoms with Crippen LogP contribution in [0.5, 0.6) is 5.75 Å². The zero-order chi connectivity index (χ0) is 9.14. The number of rotatable bonds is 1. The third-order valence-corrected chi connectivity index (χ3v) is 2.46. The molecule has 0 aliphatic heterocycles. The fourth-order valence-corrected chi connectivity index (χ4v) is 1.25. The van der Waals surface area contributed by atoms with Crippen LogP contribution in [0.4, 0.5) is 0 Å². The second-order valence-electron chi connectivity index (χ2n) is 2.41. The molecule has 0 heterocycles. The van der Waals surface area contributed by atoms with Gasteiger partial charge in [-0.3, -0.25) is 0 Å². The average molecular weight is 226 g/mol. The number of benzene rings is 1. The van der Waals surface area contributed by atoms with Gasteiger partial charge in [-0.05, 0) is 24.6 Å².